The highest BCUT2D eigenvalue weighted by Crippen LogP contribution is 2.33. The van der Waals surface area contributed by atoms with Gasteiger partial charge in [0.1, 0.15) is 51.1 Å². The van der Waals surface area contributed by atoms with Crippen LogP contribution in [0.15, 0.2) is 72.8 Å². The molecule has 0 amide bonds. The van der Waals surface area contributed by atoms with Crippen molar-refractivity contribution < 1.29 is 43.0 Å². The first-order chi connectivity index (χ1) is 19.1. The highest BCUT2D eigenvalue weighted by molar-refractivity contribution is 5.87. The quantitative estimate of drug-likeness (QED) is 0.0780. The lowest BCUT2D eigenvalue weighted by atomic mass is 9.78. The van der Waals surface area contributed by atoms with Crippen LogP contribution < -0.4 is 9.47 Å². The molecule has 0 fully saturated rings. The topological polar surface area (TPSA) is 98.8 Å². The normalized spacial score (nSPS) is 11.0. The predicted molar refractivity (Wildman–Crippen MR) is 150 cm³/mol. The van der Waals surface area contributed by atoms with E-state index in [1.54, 1.807) is 13.8 Å². The van der Waals surface area contributed by atoms with E-state index in [0.29, 0.717) is 37.6 Å². The van der Waals surface area contributed by atoms with Crippen LogP contribution in [0, 0.1) is 0 Å². The molecule has 0 atom stereocenters. The van der Waals surface area contributed by atoms with Gasteiger partial charge >= 0.3 is 11.9 Å². The second-order valence-corrected chi connectivity index (χ2v) is 9.46. The SMILES string of the molecule is C=C(C)C(=O)OCCOCCOc1ccc(C(C)(C)c2ccc(OCCOOCCOC(=O)C(=C)C)cc2)cc1. The van der Waals surface area contributed by atoms with Crippen LogP contribution in [0.5, 0.6) is 11.5 Å². The Balaban J connectivity index is 1.68. The molecule has 218 valence electrons. The van der Waals surface area contributed by atoms with E-state index in [1.807, 2.05) is 36.4 Å². The Labute approximate surface area is 236 Å². The van der Waals surface area contributed by atoms with Crippen molar-refractivity contribution in [2.45, 2.75) is 33.1 Å². The van der Waals surface area contributed by atoms with Crippen molar-refractivity contribution in [1.29, 1.82) is 0 Å². The van der Waals surface area contributed by atoms with Crippen molar-refractivity contribution in [1.82, 2.24) is 0 Å². The molecule has 9 heteroatoms. The monoisotopic (exact) mass is 556 g/mol. The molecule has 0 aliphatic rings. The number of carbonyl (C=O) groups excluding carboxylic acids is 2. The summed E-state index contributed by atoms with van der Waals surface area (Å²) in [5.41, 5.74) is 2.75. The molecule has 2 aromatic rings. The second kappa shape index (κ2) is 17.1. The van der Waals surface area contributed by atoms with Gasteiger partial charge in [0.05, 0.1) is 13.2 Å². The molecule has 0 radical (unpaired) electrons. The molecule has 0 saturated carbocycles. The highest BCUT2D eigenvalue weighted by Gasteiger charge is 2.23. The van der Waals surface area contributed by atoms with E-state index in [-0.39, 0.29) is 31.8 Å². The molecule has 0 aromatic heterocycles. The van der Waals surface area contributed by atoms with E-state index in [0.717, 1.165) is 22.6 Å². The molecule has 2 aromatic carbocycles. The summed E-state index contributed by atoms with van der Waals surface area (Å²) in [5, 5.41) is 0. The molecule has 0 unspecified atom stereocenters. The number of ether oxygens (including phenoxy) is 5. The van der Waals surface area contributed by atoms with Gasteiger partial charge in [-0.3, -0.25) is 0 Å². The van der Waals surface area contributed by atoms with Crippen LogP contribution >= 0.6 is 0 Å². The summed E-state index contributed by atoms with van der Waals surface area (Å²) in [6.07, 6.45) is 0. The van der Waals surface area contributed by atoms with Crippen LogP contribution in [-0.2, 0) is 39.0 Å². The number of esters is 2. The summed E-state index contributed by atoms with van der Waals surface area (Å²) >= 11 is 0. The third-order valence-corrected chi connectivity index (χ3v) is 5.72. The smallest absolute Gasteiger partial charge is 0.333 e. The Morgan fingerprint density at radius 2 is 0.975 bits per heavy atom. The van der Waals surface area contributed by atoms with E-state index < -0.39 is 11.9 Å². The fraction of sp³-hybridized carbons (Fsp3) is 0.419. The van der Waals surface area contributed by atoms with Crippen LogP contribution in [0.2, 0.25) is 0 Å². The van der Waals surface area contributed by atoms with Crippen LogP contribution in [0.4, 0.5) is 0 Å². The van der Waals surface area contributed by atoms with E-state index in [9.17, 15) is 9.59 Å². The molecule has 2 rings (SSSR count). The summed E-state index contributed by atoms with van der Waals surface area (Å²) in [5.74, 6) is 0.594. The van der Waals surface area contributed by atoms with Gasteiger partial charge in [-0.25, -0.2) is 19.4 Å². The van der Waals surface area contributed by atoms with Crippen LogP contribution in [-0.4, -0.2) is 64.8 Å². The second-order valence-electron chi connectivity index (χ2n) is 9.46. The highest BCUT2D eigenvalue weighted by atomic mass is 17.2. The molecule has 0 heterocycles. The number of rotatable bonds is 19. The molecule has 0 saturated heterocycles. The standard InChI is InChI=1S/C31H40O9/c1-23(2)29(32)37-18-16-34-15-17-35-27-11-7-25(8-12-27)31(5,6)26-9-13-28(14-10-26)36-19-21-39-40-22-20-38-30(33)24(3)4/h7-14H,1,3,15-22H2,2,4-6H3. The zero-order valence-corrected chi connectivity index (χ0v) is 23.9. The van der Waals surface area contributed by atoms with Crippen molar-refractivity contribution in [3.63, 3.8) is 0 Å². The Kier molecular flexibility index (Phi) is 13.9. The number of benzene rings is 2. The average molecular weight is 557 g/mol. The largest absolute Gasteiger partial charge is 0.491 e. The van der Waals surface area contributed by atoms with Crippen molar-refractivity contribution >= 4 is 11.9 Å². The number of carbonyl (C=O) groups is 2. The zero-order valence-electron chi connectivity index (χ0n) is 23.9. The first kappa shape index (κ1) is 32.6. The Morgan fingerprint density at radius 1 is 0.600 bits per heavy atom. The fourth-order valence-corrected chi connectivity index (χ4v) is 3.34. The lowest BCUT2D eigenvalue weighted by Gasteiger charge is -2.26. The van der Waals surface area contributed by atoms with Gasteiger partial charge in [-0.05, 0) is 49.2 Å². The number of hydrogen-bond donors (Lipinski definition) is 0. The lowest BCUT2D eigenvalue weighted by molar-refractivity contribution is -0.300. The Bertz CT molecular complexity index is 1090. The van der Waals surface area contributed by atoms with Crippen molar-refractivity contribution in [3.8, 4) is 11.5 Å². The fourth-order valence-electron chi connectivity index (χ4n) is 3.34. The summed E-state index contributed by atoms with van der Waals surface area (Å²) in [6.45, 7) is 16.5. The van der Waals surface area contributed by atoms with Crippen LogP contribution in [0.3, 0.4) is 0 Å². The van der Waals surface area contributed by atoms with E-state index >= 15 is 0 Å². The van der Waals surface area contributed by atoms with Gasteiger partial charge in [0.2, 0.25) is 0 Å². The van der Waals surface area contributed by atoms with E-state index in [1.165, 1.54) is 0 Å². The van der Waals surface area contributed by atoms with Crippen molar-refractivity contribution in [3.05, 3.63) is 84.0 Å². The van der Waals surface area contributed by atoms with Gasteiger partial charge < -0.3 is 23.7 Å². The molecule has 0 aliphatic carbocycles. The predicted octanol–water partition coefficient (Wildman–Crippen LogP) is 4.97. The maximum absolute atomic E-state index is 11.3. The van der Waals surface area contributed by atoms with E-state index in [4.69, 9.17) is 33.5 Å². The summed E-state index contributed by atoms with van der Waals surface area (Å²) in [4.78, 5) is 32.5. The van der Waals surface area contributed by atoms with Gasteiger partial charge in [-0.1, -0.05) is 51.3 Å². The minimum Gasteiger partial charge on any atom is -0.491 e. The van der Waals surface area contributed by atoms with Crippen molar-refractivity contribution in [2.24, 2.45) is 0 Å². The summed E-state index contributed by atoms with van der Waals surface area (Å²) in [6, 6.07) is 15.9. The van der Waals surface area contributed by atoms with Gasteiger partial charge in [-0.15, -0.1) is 0 Å². The first-order valence-corrected chi connectivity index (χ1v) is 13.1. The summed E-state index contributed by atoms with van der Waals surface area (Å²) < 4.78 is 26.7. The minimum absolute atomic E-state index is 0.0896. The van der Waals surface area contributed by atoms with Gasteiger partial charge in [0, 0.05) is 16.6 Å². The molecule has 0 spiro atoms. The van der Waals surface area contributed by atoms with Crippen LogP contribution in [0.1, 0.15) is 38.8 Å². The van der Waals surface area contributed by atoms with Gasteiger partial charge in [0.25, 0.3) is 0 Å². The van der Waals surface area contributed by atoms with Gasteiger partial charge in [0.15, 0.2) is 0 Å². The van der Waals surface area contributed by atoms with Crippen LogP contribution in [0.25, 0.3) is 0 Å². The molecule has 0 aliphatic heterocycles. The lowest BCUT2D eigenvalue weighted by Crippen LogP contribution is -2.19. The Hall–Kier alpha value is -3.66. The number of hydrogen-bond acceptors (Lipinski definition) is 9. The molecule has 40 heavy (non-hydrogen) atoms. The van der Waals surface area contributed by atoms with Crippen molar-refractivity contribution in [2.75, 3.05) is 52.9 Å². The molecule has 0 N–H and O–H groups in total. The minimum atomic E-state index is -0.458. The Morgan fingerprint density at radius 3 is 1.43 bits per heavy atom. The third-order valence-electron chi connectivity index (χ3n) is 5.72. The summed E-state index contributed by atoms with van der Waals surface area (Å²) in [7, 11) is 0. The maximum Gasteiger partial charge on any atom is 0.333 e. The molecule has 9 nitrogen and oxygen atoms in total. The molecule has 0 bridgehead atoms. The van der Waals surface area contributed by atoms with Gasteiger partial charge in [-0.2, -0.15) is 0 Å². The molecular weight excluding hydrogens is 516 g/mol. The molecular formula is C31H40O9. The zero-order chi connectivity index (χ0) is 29.4. The third kappa shape index (κ3) is 11.6. The first-order valence-electron chi connectivity index (χ1n) is 13.1. The van der Waals surface area contributed by atoms with E-state index in [2.05, 4.69) is 39.1 Å². The average Bonchev–Trinajstić information content (AvgIpc) is 2.94. The maximum atomic E-state index is 11.3.